The first-order valence-electron chi connectivity index (χ1n) is 11.2. The van der Waals surface area contributed by atoms with Gasteiger partial charge in [-0.15, -0.1) is 0 Å². The van der Waals surface area contributed by atoms with Gasteiger partial charge in [-0.3, -0.25) is 4.79 Å². The van der Waals surface area contributed by atoms with Gasteiger partial charge in [0.2, 0.25) is 11.2 Å². The Morgan fingerprint density at radius 1 is 1.15 bits per heavy atom. The van der Waals surface area contributed by atoms with Crippen LogP contribution in [-0.4, -0.2) is 53.9 Å². The molecule has 0 radical (unpaired) electrons. The zero-order valence-corrected chi connectivity index (χ0v) is 19.3. The number of anilines is 1. The number of halogens is 1. The highest BCUT2D eigenvalue weighted by Crippen LogP contribution is 2.34. The largest absolute Gasteiger partial charge is 0.388 e. The summed E-state index contributed by atoms with van der Waals surface area (Å²) in [7, 11) is 0. The van der Waals surface area contributed by atoms with Gasteiger partial charge in [0.25, 0.3) is 0 Å². The predicted octanol–water partition coefficient (Wildman–Crippen LogP) is 2.81. The van der Waals surface area contributed by atoms with Gasteiger partial charge < -0.3 is 25.4 Å². The molecule has 0 bridgehead atoms. The summed E-state index contributed by atoms with van der Waals surface area (Å²) in [5, 5.41) is 29.6. The number of aliphatic hydroxyl groups is 2. The number of hydrogen-bond donors (Lipinski definition) is 4. The van der Waals surface area contributed by atoms with Crippen molar-refractivity contribution in [3.05, 3.63) is 59.6 Å². The topological polar surface area (TPSA) is 125 Å². The Hall–Kier alpha value is -3.27. The smallest absolute Gasteiger partial charge is 0.226 e. The van der Waals surface area contributed by atoms with Crippen molar-refractivity contribution in [3.63, 3.8) is 0 Å². The zero-order valence-electron chi connectivity index (χ0n) is 18.5. The highest BCUT2D eigenvalue weighted by molar-refractivity contribution is 6.28. The van der Waals surface area contributed by atoms with E-state index in [9.17, 15) is 15.0 Å². The lowest BCUT2D eigenvalue weighted by atomic mass is 10.0. The van der Waals surface area contributed by atoms with Crippen molar-refractivity contribution < 1.29 is 15.0 Å². The summed E-state index contributed by atoms with van der Waals surface area (Å²) >= 11 is 6.25. The van der Waals surface area contributed by atoms with Gasteiger partial charge >= 0.3 is 0 Å². The lowest BCUT2D eigenvalue weighted by Gasteiger charge is -2.18. The molecule has 1 saturated carbocycles. The molecule has 1 aliphatic carbocycles. The third-order valence-corrected chi connectivity index (χ3v) is 6.57. The zero-order chi connectivity index (χ0) is 23.8. The van der Waals surface area contributed by atoms with Crippen LogP contribution in [-0.2, 0) is 11.3 Å². The second kappa shape index (κ2) is 9.17. The summed E-state index contributed by atoms with van der Waals surface area (Å²) in [6, 6.07) is 13.2. The van der Waals surface area contributed by atoms with Crippen molar-refractivity contribution in [2.45, 2.75) is 50.6 Å². The summed E-state index contributed by atoms with van der Waals surface area (Å²) in [5.41, 5.74) is 2.05. The minimum Gasteiger partial charge on any atom is -0.388 e. The maximum Gasteiger partial charge on any atom is 0.226 e. The van der Waals surface area contributed by atoms with E-state index in [1.807, 2.05) is 18.2 Å². The van der Waals surface area contributed by atoms with Crippen LogP contribution in [0, 0.1) is 0 Å². The highest BCUT2D eigenvalue weighted by Gasteiger charge is 2.43. The molecule has 1 aliphatic rings. The SMILES string of the molecule is CCC(=O)N[C@H]1CC(n2cnc3c(NCc4cccc5ccccc45)nc(Cl)nc32)[C@H](O)[C@@H]1O. The van der Waals surface area contributed by atoms with Gasteiger partial charge in [0, 0.05) is 13.0 Å². The molecule has 10 heteroatoms. The number of carbonyl (C=O) groups is 1. The van der Waals surface area contributed by atoms with E-state index < -0.39 is 24.3 Å². The summed E-state index contributed by atoms with van der Waals surface area (Å²) in [6.07, 6.45) is -0.00446. The van der Waals surface area contributed by atoms with E-state index >= 15 is 0 Å². The van der Waals surface area contributed by atoms with Crippen molar-refractivity contribution in [1.29, 1.82) is 0 Å². The van der Waals surface area contributed by atoms with Gasteiger partial charge in [0.1, 0.15) is 12.2 Å². The molecule has 4 aromatic rings. The number of carbonyl (C=O) groups excluding carboxylic acids is 1. The maximum absolute atomic E-state index is 11.8. The molecule has 2 aromatic heterocycles. The molecule has 5 rings (SSSR count). The first-order chi connectivity index (χ1) is 16.5. The predicted molar refractivity (Wildman–Crippen MR) is 129 cm³/mol. The average Bonchev–Trinajstić information content (AvgIpc) is 3.38. The van der Waals surface area contributed by atoms with Crippen LogP contribution >= 0.6 is 11.6 Å². The van der Waals surface area contributed by atoms with Crippen molar-refractivity contribution in [2.24, 2.45) is 0 Å². The monoisotopic (exact) mass is 480 g/mol. The molecule has 4 N–H and O–H groups in total. The summed E-state index contributed by atoms with van der Waals surface area (Å²) < 4.78 is 1.69. The number of benzene rings is 2. The Morgan fingerprint density at radius 3 is 2.76 bits per heavy atom. The number of fused-ring (bicyclic) bond motifs is 2. The molecule has 2 aromatic carbocycles. The van der Waals surface area contributed by atoms with Crippen molar-refractivity contribution in [2.75, 3.05) is 5.32 Å². The quantitative estimate of drug-likeness (QED) is 0.313. The second-order valence-corrected chi connectivity index (χ2v) is 8.81. The first kappa shape index (κ1) is 22.5. The van der Waals surface area contributed by atoms with Gasteiger partial charge in [-0.25, -0.2) is 4.98 Å². The Balaban J connectivity index is 1.44. The Bertz CT molecular complexity index is 1350. The van der Waals surface area contributed by atoms with Gasteiger partial charge in [-0.05, 0) is 34.4 Å². The average molecular weight is 481 g/mol. The molecule has 34 heavy (non-hydrogen) atoms. The van der Waals surface area contributed by atoms with Crippen molar-refractivity contribution in [1.82, 2.24) is 24.8 Å². The van der Waals surface area contributed by atoms with Crippen LogP contribution < -0.4 is 10.6 Å². The van der Waals surface area contributed by atoms with Gasteiger partial charge in [0.05, 0.1) is 18.4 Å². The minimum absolute atomic E-state index is 0.0403. The lowest BCUT2D eigenvalue weighted by molar-refractivity contribution is -0.122. The molecule has 9 nitrogen and oxygen atoms in total. The van der Waals surface area contributed by atoms with Crippen LogP contribution in [0.15, 0.2) is 48.8 Å². The molecule has 1 fully saturated rings. The maximum atomic E-state index is 11.8. The molecular weight excluding hydrogens is 456 g/mol. The van der Waals surface area contributed by atoms with Crippen LogP contribution in [0.5, 0.6) is 0 Å². The molecule has 0 saturated heterocycles. The number of aromatic nitrogens is 4. The molecular formula is C24H25ClN6O3. The van der Waals surface area contributed by atoms with Crippen LogP contribution in [0.3, 0.4) is 0 Å². The number of nitrogens with one attached hydrogen (secondary N) is 2. The van der Waals surface area contributed by atoms with Crippen molar-refractivity contribution >= 4 is 45.3 Å². The molecule has 1 amide bonds. The van der Waals surface area contributed by atoms with Crippen LogP contribution in [0.1, 0.15) is 31.4 Å². The summed E-state index contributed by atoms with van der Waals surface area (Å²) in [4.78, 5) is 25.0. The number of nitrogens with zero attached hydrogens (tertiary/aromatic N) is 4. The number of hydrogen-bond acceptors (Lipinski definition) is 7. The third-order valence-electron chi connectivity index (χ3n) is 6.40. The third kappa shape index (κ3) is 4.06. The molecule has 0 aliphatic heterocycles. The number of amides is 1. The van der Waals surface area contributed by atoms with Crippen LogP contribution in [0.25, 0.3) is 21.9 Å². The molecule has 1 unspecified atom stereocenters. The van der Waals surface area contributed by atoms with E-state index in [-0.39, 0.29) is 11.2 Å². The fourth-order valence-electron chi connectivity index (χ4n) is 4.62. The van der Waals surface area contributed by atoms with E-state index in [2.05, 4.69) is 49.9 Å². The lowest BCUT2D eigenvalue weighted by Crippen LogP contribution is -2.42. The Labute approximate surface area is 200 Å². The Morgan fingerprint density at radius 2 is 1.94 bits per heavy atom. The van der Waals surface area contributed by atoms with E-state index in [0.717, 1.165) is 16.3 Å². The van der Waals surface area contributed by atoms with Gasteiger partial charge in [-0.2, -0.15) is 9.97 Å². The molecule has 4 atom stereocenters. The highest BCUT2D eigenvalue weighted by atomic mass is 35.5. The number of imidazole rings is 1. The summed E-state index contributed by atoms with van der Waals surface area (Å²) in [6.45, 7) is 2.24. The Kier molecular flexibility index (Phi) is 6.07. The van der Waals surface area contributed by atoms with Gasteiger partial charge in [0.15, 0.2) is 17.0 Å². The molecule has 2 heterocycles. The first-order valence-corrected chi connectivity index (χ1v) is 11.6. The molecule has 176 valence electrons. The summed E-state index contributed by atoms with van der Waals surface area (Å²) in [5.74, 6) is 0.295. The van der Waals surface area contributed by atoms with E-state index in [1.54, 1.807) is 17.8 Å². The minimum atomic E-state index is -1.10. The molecule has 0 spiro atoms. The van der Waals surface area contributed by atoms with Crippen LogP contribution in [0.4, 0.5) is 5.82 Å². The normalized spacial score (nSPS) is 22.4. The fraction of sp³-hybridized carbons (Fsp3) is 0.333. The number of rotatable bonds is 6. The van der Waals surface area contributed by atoms with E-state index in [0.29, 0.717) is 36.4 Å². The van der Waals surface area contributed by atoms with Gasteiger partial charge in [-0.1, -0.05) is 49.4 Å². The standard InChI is InChI=1S/C24H25ClN6O3/c1-2-18(32)28-16-10-17(21(34)20(16)33)31-12-27-19-22(29-24(25)30-23(19)31)26-11-14-8-5-7-13-6-3-4-9-15(13)14/h3-9,12,16-17,20-21,33-34H,2,10-11H2,1H3,(H,28,32)(H,26,29,30)/t16-,17?,20+,21-/m0/s1. The van der Waals surface area contributed by atoms with E-state index in [4.69, 9.17) is 11.6 Å². The van der Waals surface area contributed by atoms with Crippen LogP contribution in [0.2, 0.25) is 5.28 Å². The number of aliphatic hydroxyl groups excluding tert-OH is 2. The second-order valence-electron chi connectivity index (χ2n) is 8.47. The van der Waals surface area contributed by atoms with E-state index in [1.165, 1.54) is 0 Å². The van der Waals surface area contributed by atoms with Crippen molar-refractivity contribution in [3.8, 4) is 0 Å². The fourth-order valence-corrected chi connectivity index (χ4v) is 4.78.